The molecule has 0 unspecified atom stereocenters. The van der Waals surface area contributed by atoms with E-state index < -0.39 is 23.1 Å². The summed E-state index contributed by atoms with van der Waals surface area (Å²) in [4.78, 5) is 0. The van der Waals surface area contributed by atoms with Gasteiger partial charge in [-0.1, -0.05) is 12.8 Å². The zero-order valence-corrected chi connectivity index (χ0v) is 10.1. The molecule has 2 aromatic carbocycles. The molecule has 0 bridgehead atoms. The number of aryl methyl sites for hydroxylation is 1. The summed E-state index contributed by atoms with van der Waals surface area (Å²) in [7, 11) is 0. The highest BCUT2D eigenvalue weighted by atomic mass is 19.1. The van der Waals surface area contributed by atoms with Gasteiger partial charge in [-0.25, -0.2) is 8.78 Å². The molecule has 0 saturated heterocycles. The first-order chi connectivity index (χ1) is 8.93. The minimum absolute atomic E-state index is 0.0581. The lowest BCUT2D eigenvalue weighted by Gasteiger charge is -2.14. The van der Waals surface area contributed by atoms with Crippen LogP contribution in [0, 0.1) is 24.0 Å². The number of phenolic OH excluding ortho intramolecular Hbond substituents is 2. The van der Waals surface area contributed by atoms with Gasteiger partial charge in [0.1, 0.15) is 5.75 Å². The highest BCUT2D eigenvalue weighted by Crippen LogP contribution is 2.41. The molecule has 3 nitrogen and oxygen atoms in total. The molecule has 5 heteroatoms. The molecule has 0 aliphatic rings. The number of rotatable bonds is 1. The summed E-state index contributed by atoms with van der Waals surface area (Å²) in [5.74, 6) is -2.19. The minimum atomic E-state index is -1.27. The third-order valence-electron chi connectivity index (χ3n) is 3.04. The van der Waals surface area contributed by atoms with E-state index in [1.807, 2.05) is 0 Å². The highest BCUT2D eigenvalue weighted by molar-refractivity contribution is 6.00. The molecule has 0 radical (unpaired) electrons. The maximum atomic E-state index is 14.0. The number of nitrogens with two attached hydrogens (primary N) is 1. The Labute approximate surface area is 108 Å². The lowest BCUT2D eigenvalue weighted by molar-refractivity contribution is 0.397. The summed E-state index contributed by atoms with van der Waals surface area (Å²) in [5.41, 5.74) is 5.71. The fourth-order valence-corrected chi connectivity index (χ4v) is 2.11. The van der Waals surface area contributed by atoms with E-state index in [4.69, 9.17) is 12.2 Å². The fourth-order valence-electron chi connectivity index (χ4n) is 2.11. The number of nitrogen functional groups attached to an aromatic ring is 1. The van der Waals surface area contributed by atoms with Crippen LogP contribution in [0.25, 0.3) is 10.8 Å². The summed E-state index contributed by atoms with van der Waals surface area (Å²) >= 11 is 0. The van der Waals surface area contributed by atoms with Gasteiger partial charge in [-0.2, -0.15) is 0 Å². The Morgan fingerprint density at radius 2 is 1.84 bits per heavy atom. The van der Waals surface area contributed by atoms with Gasteiger partial charge in [0.2, 0.25) is 0 Å². The number of halogens is 2. The van der Waals surface area contributed by atoms with Crippen molar-refractivity contribution in [2.75, 3.05) is 5.73 Å². The average molecular weight is 263 g/mol. The lowest BCUT2D eigenvalue weighted by atomic mass is 9.95. The number of hydrogen-bond acceptors (Lipinski definition) is 3. The summed E-state index contributed by atoms with van der Waals surface area (Å²) in [5, 5.41) is 18.9. The summed E-state index contributed by atoms with van der Waals surface area (Å²) in [6, 6.07) is 1.41. The van der Waals surface area contributed by atoms with Gasteiger partial charge in [-0.05, 0) is 18.1 Å². The van der Waals surface area contributed by atoms with Crippen molar-refractivity contribution in [2.45, 2.75) is 13.3 Å². The monoisotopic (exact) mass is 263 g/mol. The van der Waals surface area contributed by atoms with Crippen LogP contribution in [0.4, 0.5) is 14.5 Å². The normalized spacial score (nSPS) is 10.6. The number of benzene rings is 2. The van der Waals surface area contributed by atoms with Gasteiger partial charge in [-0.15, -0.1) is 6.42 Å². The summed E-state index contributed by atoms with van der Waals surface area (Å²) in [6.07, 6.45) is 5.63. The van der Waals surface area contributed by atoms with Crippen LogP contribution in [0.2, 0.25) is 0 Å². The van der Waals surface area contributed by atoms with Gasteiger partial charge in [0.15, 0.2) is 17.4 Å². The molecule has 0 fully saturated rings. The lowest BCUT2D eigenvalue weighted by Crippen LogP contribution is -1.99. The Morgan fingerprint density at radius 1 is 1.21 bits per heavy atom. The van der Waals surface area contributed by atoms with Gasteiger partial charge in [0.05, 0.1) is 16.6 Å². The third kappa shape index (κ3) is 1.65. The number of hydrogen-bond donors (Lipinski definition) is 3. The van der Waals surface area contributed by atoms with Crippen LogP contribution in [0.3, 0.4) is 0 Å². The zero-order valence-electron chi connectivity index (χ0n) is 10.1. The molecular formula is C14H11F2NO2. The molecule has 0 aliphatic carbocycles. The maximum absolute atomic E-state index is 14.0. The molecule has 2 rings (SSSR count). The van der Waals surface area contributed by atoms with Crippen molar-refractivity contribution in [1.29, 1.82) is 0 Å². The Balaban J connectivity index is 3.20. The van der Waals surface area contributed by atoms with Crippen molar-refractivity contribution in [3.05, 3.63) is 28.8 Å². The van der Waals surface area contributed by atoms with Crippen LogP contribution < -0.4 is 5.73 Å². The van der Waals surface area contributed by atoms with Crippen molar-refractivity contribution < 1.29 is 19.0 Å². The van der Waals surface area contributed by atoms with E-state index >= 15 is 0 Å². The summed E-state index contributed by atoms with van der Waals surface area (Å²) in [6.45, 7) is 1.76. The predicted molar refractivity (Wildman–Crippen MR) is 68.9 cm³/mol. The maximum Gasteiger partial charge on any atom is 0.189 e. The van der Waals surface area contributed by atoms with E-state index in [1.165, 1.54) is 6.07 Å². The molecule has 2 aromatic rings. The molecule has 0 saturated carbocycles. The van der Waals surface area contributed by atoms with Crippen LogP contribution in [0.5, 0.6) is 11.5 Å². The van der Waals surface area contributed by atoms with E-state index in [1.54, 1.807) is 6.92 Å². The molecule has 0 aliphatic heterocycles. The first-order valence-corrected chi connectivity index (χ1v) is 5.54. The predicted octanol–water partition coefficient (Wildman–Crippen LogP) is 2.66. The Bertz CT molecular complexity index is 733. The average Bonchev–Trinajstić information content (AvgIpc) is 2.40. The van der Waals surface area contributed by atoms with E-state index in [9.17, 15) is 19.0 Å². The third-order valence-corrected chi connectivity index (χ3v) is 3.04. The number of fused-ring (bicyclic) bond motifs is 1. The van der Waals surface area contributed by atoms with E-state index in [2.05, 4.69) is 5.92 Å². The molecule has 98 valence electrons. The SMILES string of the molecule is C#Cc1c(F)c(O)c(F)c2c(O)c(N)cc(CC)c12. The molecule has 0 heterocycles. The van der Waals surface area contributed by atoms with Crippen LogP contribution in [-0.4, -0.2) is 10.2 Å². The van der Waals surface area contributed by atoms with Crippen molar-refractivity contribution in [3.63, 3.8) is 0 Å². The Hall–Kier alpha value is -2.48. The Morgan fingerprint density at radius 3 is 2.37 bits per heavy atom. The van der Waals surface area contributed by atoms with E-state index in [0.29, 0.717) is 12.0 Å². The quantitative estimate of drug-likeness (QED) is 0.421. The molecule has 0 spiro atoms. The van der Waals surface area contributed by atoms with Gasteiger partial charge in [0, 0.05) is 5.39 Å². The fraction of sp³-hybridized carbons (Fsp3) is 0.143. The van der Waals surface area contributed by atoms with Crippen LogP contribution in [-0.2, 0) is 6.42 Å². The second kappa shape index (κ2) is 4.32. The van der Waals surface area contributed by atoms with Gasteiger partial charge in [0.25, 0.3) is 0 Å². The minimum Gasteiger partial charge on any atom is -0.505 e. The largest absolute Gasteiger partial charge is 0.505 e. The van der Waals surface area contributed by atoms with Crippen molar-refractivity contribution in [2.24, 2.45) is 0 Å². The van der Waals surface area contributed by atoms with Gasteiger partial charge < -0.3 is 15.9 Å². The first kappa shape index (κ1) is 13.0. The van der Waals surface area contributed by atoms with Crippen LogP contribution in [0.1, 0.15) is 18.1 Å². The van der Waals surface area contributed by atoms with E-state index in [0.717, 1.165) is 0 Å². The zero-order chi connectivity index (χ0) is 14.3. The Kier molecular flexibility index (Phi) is 2.95. The second-order valence-corrected chi connectivity index (χ2v) is 4.07. The van der Waals surface area contributed by atoms with Gasteiger partial charge >= 0.3 is 0 Å². The number of anilines is 1. The van der Waals surface area contributed by atoms with Crippen molar-refractivity contribution >= 4 is 16.5 Å². The molecular weight excluding hydrogens is 252 g/mol. The second-order valence-electron chi connectivity index (χ2n) is 4.07. The molecule has 0 aromatic heterocycles. The standard InChI is InChI=1S/C14H11F2NO2/c1-3-6-5-8(17)13(18)10-9(6)7(4-2)11(15)14(19)12(10)16/h2,5,18-19H,3,17H2,1H3. The number of aromatic hydroxyl groups is 2. The van der Waals surface area contributed by atoms with Crippen molar-refractivity contribution in [3.8, 4) is 23.8 Å². The molecule has 4 N–H and O–H groups in total. The number of phenols is 2. The van der Waals surface area contributed by atoms with Crippen LogP contribution in [0.15, 0.2) is 6.07 Å². The van der Waals surface area contributed by atoms with Gasteiger partial charge in [-0.3, -0.25) is 0 Å². The van der Waals surface area contributed by atoms with E-state index in [-0.39, 0.29) is 22.0 Å². The first-order valence-electron chi connectivity index (χ1n) is 5.54. The van der Waals surface area contributed by atoms with Crippen molar-refractivity contribution in [1.82, 2.24) is 0 Å². The summed E-state index contributed by atoms with van der Waals surface area (Å²) < 4.78 is 27.8. The molecule has 0 atom stereocenters. The smallest absolute Gasteiger partial charge is 0.189 e. The topological polar surface area (TPSA) is 66.5 Å². The number of terminal acetylenes is 1. The molecule has 19 heavy (non-hydrogen) atoms. The highest BCUT2D eigenvalue weighted by Gasteiger charge is 2.23. The van der Waals surface area contributed by atoms with Crippen LogP contribution >= 0.6 is 0 Å². The molecule has 0 amide bonds.